The van der Waals surface area contributed by atoms with Gasteiger partial charge in [-0.3, -0.25) is 0 Å². The van der Waals surface area contributed by atoms with Crippen LogP contribution in [0.1, 0.15) is 30.4 Å². The first-order valence-corrected chi connectivity index (χ1v) is 6.81. The summed E-state index contributed by atoms with van der Waals surface area (Å²) in [4.78, 5) is 1.05. The molecule has 0 aromatic heterocycles. The number of unbranched alkanes of at least 4 members (excludes halogenated alkanes) is 1. The van der Waals surface area contributed by atoms with Crippen molar-refractivity contribution in [1.82, 2.24) is 0 Å². The molecule has 0 bridgehead atoms. The molecule has 0 aliphatic carbocycles. The Bertz CT molecular complexity index is 346. The monoisotopic (exact) mass is 266 g/mol. The molecule has 1 aromatic rings. The van der Waals surface area contributed by atoms with Gasteiger partial charge in [-0.25, -0.2) is 0 Å². The van der Waals surface area contributed by atoms with Gasteiger partial charge in [-0.15, -0.1) is 0 Å². The lowest BCUT2D eigenvalue weighted by atomic mass is 10.1. The first-order chi connectivity index (χ1) is 8.74. The summed E-state index contributed by atoms with van der Waals surface area (Å²) in [5.41, 5.74) is 2.45. The highest BCUT2D eigenvalue weighted by atomic mass is 32.1. The molecule has 0 spiro atoms. The van der Waals surface area contributed by atoms with Crippen molar-refractivity contribution in [2.75, 3.05) is 26.9 Å². The minimum atomic E-state index is 0.668. The molecule has 0 radical (unpaired) electrons. The van der Waals surface area contributed by atoms with Crippen molar-refractivity contribution in [1.29, 1.82) is 0 Å². The highest BCUT2D eigenvalue weighted by Gasteiger charge is 2.00. The van der Waals surface area contributed by atoms with E-state index >= 15 is 0 Å². The Morgan fingerprint density at radius 1 is 1.06 bits per heavy atom. The summed E-state index contributed by atoms with van der Waals surface area (Å²) in [6.07, 6.45) is 3.10. The lowest BCUT2D eigenvalue weighted by Gasteiger charge is -2.05. The first kappa shape index (κ1) is 15.3. The van der Waals surface area contributed by atoms with Crippen LogP contribution in [0.25, 0.3) is 0 Å². The first-order valence-electron chi connectivity index (χ1n) is 6.40. The van der Waals surface area contributed by atoms with Crippen molar-refractivity contribution in [3.63, 3.8) is 0 Å². The Balaban J connectivity index is 2.12. The minimum Gasteiger partial charge on any atom is -0.382 e. The lowest BCUT2D eigenvalue weighted by molar-refractivity contribution is 0.0690. The van der Waals surface area contributed by atoms with E-state index in [4.69, 9.17) is 21.7 Å². The van der Waals surface area contributed by atoms with Crippen LogP contribution >= 0.6 is 12.2 Å². The third-order valence-electron chi connectivity index (χ3n) is 2.75. The second-order valence-corrected chi connectivity index (χ2v) is 4.84. The molecule has 0 amide bonds. The molecule has 0 saturated carbocycles. The number of thiocarbonyl (C=S) groups is 1. The van der Waals surface area contributed by atoms with Crippen LogP contribution in [0.5, 0.6) is 0 Å². The molecular formula is C15H22O2S. The Labute approximate surface area is 115 Å². The van der Waals surface area contributed by atoms with E-state index in [1.54, 1.807) is 7.11 Å². The molecule has 2 nitrogen and oxygen atoms in total. The number of rotatable bonds is 9. The zero-order valence-electron chi connectivity index (χ0n) is 11.3. The molecule has 0 saturated heterocycles. The average molecular weight is 266 g/mol. The van der Waals surface area contributed by atoms with Crippen molar-refractivity contribution in [3.05, 3.63) is 35.4 Å². The van der Waals surface area contributed by atoms with Crippen LogP contribution in [0.2, 0.25) is 0 Å². The van der Waals surface area contributed by atoms with Crippen LogP contribution in [0.4, 0.5) is 0 Å². The Kier molecular flexibility index (Phi) is 7.81. The molecule has 0 aliphatic heterocycles. The van der Waals surface area contributed by atoms with Gasteiger partial charge in [-0.2, -0.15) is 0 Å². The number of ether oxygens (including phenoxy) is 2. The van der Waals surface area contributed by atoms with Gasteiger partial charge in [0.15, 0.2) is 0 Å². The molecule has 3 heteroatoms. The highest BCUT2D eigenvalue weighted by molar-refractivity contribution is 7.80. The van der Waals surface area contributed by atoms with Crippen LogP contribution in [-0.4, -0.2) is 31.8 Å². The van der Waals surface area contributed by atoms with Gasteiger partial charge in [0.05, 0.1) is 13.2 Å². The molecule has 1 aromatic carbocycles. The smallest absolute Gasteiger partial charge is 0.0700 e. The van der Waals surface area contributed by atoms with Crippen LogP contribution < -0.4 is 0 Å². The minimum absolute atomic E-state index is 0.668. The Morgan fingerprint density at radius 3 is 2.44 bits per heavy atom. The van der Waals surface area contributed by atoms with Gasteiger partial charge in [0.25, 0.3) is 0 Å². The number of benzene rings is 1. The number of methoxy groups -OCH3 is 1. The molecule has 1 rings (SSSR count). The van der Waals surface area contributed by atoms with E-state index in [1.165, 1.54) is 11.1 Å². The van der Waals surface area contributed by atoms with E-state index < -0.39 is 0 Å². The quantitative estimate of drug-likeness (QED) is 0.387. The predicted octanol–water partition coefficient (Wildman–Crippen LogP) is 3.55. The predicted molar refractivity (Wildman–Crippen MR) is 79.4 cm³/mol. The van der Waals surface area contributed by atoms with Gasteiger partial charge in [-0.1, -0.05) is 42.0 Å². The molecule has 0 unspecified atom stereocenters. The van der Waals surface area contributed by atoms with E-state index in [-0.39, 0.29) is 0 Å². The topological polar surface area (TPSA) is 18.5 Å². The van der Waals surface area contributed by atoms with Gasteiger partial charge in [0.1, 0.15) is 0 Å². The van der Waals surface area contributed by atoms with E-state index in [0.29, 0.717) is 13.2 Å². The van der Waals surface area contributed by atoms with Crippen molar-refractivity contribution in [2.45, 2.75) is 26.2 Å². The Hall–Kier alpha value is -0.770. The van der Waals surface area contributed by atoms with Gasteiger partial charge in [0, 0.05) is 18.6 Å². The normalized spacial score (nSPS) is 10.6. The summed E-state index contributed by atoms with van der Waals surface area (Å²) >= 11 is 5.42. The molecule has 0 atom stereocenters. The largest absolute Gasteiger partial charge is 0.382 e. The molecule has 100 valence electrons. The SMILES string of the molecule is COCCOCCCCC(=S)c1ccc(C)cc1. The molecule has 0 fully saturated rings. The maximum Gasteiger partial charge on any atom is 0.0700 e. The zero-order chi connectivity index (χ0) is 13.2. The Morgan fingerprint density at radius 2 is 1.78 bits per heavy atom. The lowest BCUT2D eigenvalue weighted by Crippen LogP contribution is -2.04. The fourth-order valence-electron chi connectivity index (χ4n) is 1.62. The highest BCUT2D eigenvalue weighted by Crippen LogP contribution is 2.10. The molecular weight excluding hydrogens is 244 g/mol. The summed E-state index contributed by atoms with van der Waals surface area (Å²) in [5, 5.41) is 0. The number of hydrogen-bond donors (Lipinski definition) is 0. The van der Waals surface area contributed by atoms with Crippen LogP contribution in [0.15, 0.2) is 24.3 Å². The van der Waals surface area contributed by atoms with Crippen LogP contribution in [0.3, 0.4) is 0 Å². The van der Waals surface area contributed by atoms with E-state index in [0.717, 1.165) is 30.7 Å². The van der Waals surface area contributed by atoms with Crippen molar-refractivity contribution < 1.29 is 9.47 Å². The third kappa shape index (κ3) is 6.24. The van der Waals surface area contributed by atoms with Crippen molar-refractivity contribution >= 4 is 17.1 Å². The second-order valence-electron chi connectivity index (χ2n) is 4.35. The van der Waals surface area contributed by atoms with Crippen molar-refractivity contribution in [2.24, 2.45) is 0 Å². The summed E-state index contributed by atoms with van der Waals surface area (Å²) in [6, 6.07) is 8.42. The zero-order valence-corrected chi connectivity index (χ0v) is 12.1. The van der Waals surface area contributed by atoms with Crippen molar-refractivity contribution in [3.8, 4) is 0 Å². The van der Waals surface area contributed by atoms with E-state index in [9.17, 15) is 0 Å². The maximum atomic E-state index is 5.42. The van der Waals surface area contributed by atoms with Gasteiger partial charge in [-0.05, 0) is 31.7 Å². The van der Waals surface area contributed by atoms with E-state index in [2.05, 4.69) is 31.2 Å². The average Bonchev–Trinajstić information content (AvgIpc) is 2.38. The van der Waals surface area contributed by atoms with Gasteiger partial charge in [0.2, 0.25) is 0 Å². The summed E-state index contributed by atoms with van der Waals surface area (Å²) in [5.74, 6) is 0. The number of aryl methyl sites for hydroxylation is 1. The molecule has 0 heterocycles. The molecule has 0 N–H and O–H groups in total. The fourth-order valence-corrected chi connectivity index (χ4v) is 1.90. The van der Waals surface area contributed by atoms with Gasteiger partial charge < -0.3 is 9.47 Å². The molecule has 18 heavy (non-hydrogen) atoms. The van der Waals surface area contributed by atoms with Crippen LogP contribution in [0, 0.1) is 6.92 Å². The fraction of sp³-hybridized carbons (Fsp3) is 0.533. The summed E-state index contributed by atoms with van der Waals surface area (Å²) in [6.45, 7) is 4.23. The van der Waals surface area contributed by atoms with Gasteiger partial charge >= 0.3 is 0 Å². The summed E-state index contributed by atoms with van der Waals surface area (Å²) in [7, 11) is 1.68. The van der Waals surface area contributed by atoms with E-state index in [1.807, 2.05) is 0 Å². The molecule has 0 aliphatic rings. The second kappa shape index (κ2) is 9.20. The summed E-state index contributed by atoms with van der Waals surface area (Å²) < 4.78 is 10.3. The standard InChI is InChI=1S/C15H22O2S/c1-13-6-8-14(9-7-13)15(18)5-3-4-10-17-12-11-16-2/h6-9H,3-5,10-12H2,1-2H3. The third-order valence-corrected chi connectivity index (χ3v) is 3.19. The maximum absolute atomic E-state index is 5.42. The van der Waals surface area contributed by atoms with Crippen LogP contribution in [-0.2, 0) is 9.47 Å². The number of hydrogen-bond acceptors (Lipinski definition) is 3.